The Morgan fingerprint density at radius 1 is 0.296 bits per heavy atom. The summed E-state index contributed by atoms with van der Waals surface area (Å²) in [6.07, 6.45) is 0. The van der Waals surface area contributed by atoms with E-state index in [-0.39, 0.29) is 10.8 Å². The van der Waals surface area contributed by atoms with Crippen molar-refractivity contribution in [3.63, 3.8) is 0 Å². The molecule has 256 valence electrons. The summed E-state index contributed by atoms with van der Waals surface area (Å²) in [4.78, 5) is 0. The summed E-state index contributed by atoms with van der Waals surface area (Å²) in [6.45, 7) is 9.55. The summed E-state index contributed by atoms with van der Waals surface area (Å²) < 4.78 is 0. The highest BCUT2D eigenvalue weighted by atomic mass is 14.4. The van der Waals surface area contributed by atoms with E-state index in [0.29, 0.717) is 0 Å². The molecule has 0 radical (unpaired) electrons. The molecule has 2 aliphatic carbocycles. The zero-order chi connectivity index (χ0) is 36.3. The third-order valence-electron chi connectivity index (χ3n) is 12.8. The van der Waals surface area contributed by atoms with Crippen molar-refractivity contribution in [2.24, 2.45) is 0 Å². The van der Waals surface area contributed by atoms with Crippen LogP contribution in [0.15, 0.2) is 170 Å². The molecule has 0 atom stereocenters. The fraction of sp³-hybridized carbons (Fsp3) is 0.111. The fourth-order valence-electron chi connectivity index (χ4n) is 10.3. The lowest BCUT2D eigenvalue weighted by Crippen LogP contribution is -2.16. The van der Waals surface area contributed by atoms with Gasteiger partial charge >= 0.3 is 0 Å². The van der Waals surface area contributed by atoms with Crippen LogP contribution in [0.3, 0.4) is 0 Å². The molecule has 11 rings (SSSR count). The molecule has 54 heavy (non-hydrogen) atoms. The maximum Gasteiger partial charge on any atom is 0.0165 e. The highest BCUT2D eigenvalue weighted by Gasteiger charge is 2.38. The van der Waals surface area contributed by atoms with Crippen LogP contribution >= 0.6 is 0 Å². The summed E-state index contributed by atoms with van der Waals surface area (Å²) in [5, 5.41) is 7.73. The molecule has 2 aliphatic rings. The molecule has 0 unspecified atom stereocenters. The number of benzene rings is 9. The smallest absolute Gasteiger partial charge is 0.0165 e. The number of rotatable bonds is 3. The van der Waals surface area contributed by atoms with Crippen LogP contribution in [-0.4, -0.2) is 0 Å². The van der Waals surface area contributed by atoms with E-state index in [1.54, 1.807) is 0 Å². The van der Waals surface area contributed by atoms with E-state index < -0.39 is 0 Å². The second-order valence-corrected chi connectivity index (χ2v) is 16.5. The Morgan fingerprint density at radius 2 is 0.796 bits per heavy atom. The summed E-state index contributed by atoms with van der Waals surface area (Å²) >= 11 is 0. The van der Waals surface area contributed by atoms with E-state index in [1.807, 2.05) is 0 Å². The molecule has 0 bridgehead atoms. The molecule has 0 heteroatoms. The molecule has 0 fully saturated rings. The fourth-order valence-corrected chi connectivity index (χ4v) is 10.3. The van der Waals surface area contributed by atoms with E-state index in [9.17, 15) is 0 Å². The lowest BCUT2D eigenvalue weighted by Gasteiger charge is -2.25. The first-order chi connectivity index (χ1) is 26.3. The zero-order valence-corrected chi connectivity index (χ0v) is 31.2. The van der Waals surface area contributed by atoms with Gasteiger partial charge in [-0.2, -0.15) is 0 Å². The van der Waals surface area contributed by atoms with E-state index in [2.05, 4.69) is 198 Å². The molecule has 0 N–H and O–H groups in total. The second kappa shape index (κ2) is 11.1. The van der Waals surface area contributed by atoms with E-state index >= 15 is 0 Å². The Labute approximate surface area is 317 Å². The van der Waals surface area contributed by atoms with Crippen LogP contribution in [0.2, 0.25) is 0 Å². The number of hydrogen-bond acceptors (Lipinski definition) is 0. The third kappa shape index (κ3) is 4.26. The lowest BCUT2D eigenvalue weighted by atomic mass is 9.78. The quantitative estimate of drug-likeness (QED) is 0.162. The van der Waals surface area contributed by atoms with Crippen molar-refractivity contribution in [3.05, 3.63) is 192 Å². The first-order valence-corrected chi connectivity index (χ1v) is 19.3. The highest BCUT2D eigenvalue weighted by molar-refractivity contribution is 6.21. The van der Waals surface area contributed by atoms with Gasteiger partial charge in [-0.25, -0.2) is 0 Å². The van der Waals surface area contributed by atoms with Crippen molar-refractivity contribution >= 4 is 32.3 Å². The molecule has 0 saturated heterocycles. The monoisotopic (exact) mass is 688 g/mol. The van der Waals surface area contributed by atoms with Gasteiger partial charge in [0.15, 0.2) is 0 Å². The van der Waals surface area contributed by atoms with Crippen LogP contribution in [-0.2, 0) is 10.8 Å². The molecule has 0 nitrogen and oxygen atoms in total. The van der Waals surface area contributed by atoms with Gasteiger partial charge in [0.05, 0.1) is 0 Å². The number of fused-ring (bicyclic) bond motifs is 9. The Bertz CT molecular complexity index is 2990. The first kappa shape index (κ1) is 31.3. The zero-order valence-electron chi connectivity index (χ0n) is 31.2. The van der Waals surface area contributed by atoms with Crippen LogP contribution in [0.25, 0.3) is 88.0 Å². The minimum absolute atomic E-state index is 0.0606. The van der Waals surface area contributed by atoms with Crippen molar-refractivity contribution in [2.75, 3.05) is 0 Å². The Balaban J connectivity index is 1.11. The number of hydrogen-bond donors (Lipinski definition) is 0. The van der Waals surface area contributed by atoms with Gasteiger partial charge in [-0.05, 0) is 134 Å². The van der Waals surface area contributed by atoms with Crippen LogP contribution in [0.4, 0.5) is 0 Å². The Kier molecular flexibility index (Phi) is 6.46. The molecule has 0 amide bonds. The second-order valence-electron chi connectivity index (χ2n) is 16.5. The summed E-state index contributed by atoms with van der Waals surface area (Å²) in [5.41, 5.74) is 18.6. The van der Waals surface area contributed by atoms with Gasteiger partial charge < -0.3 is 0 Å². The minimum atomic E-state index is -0.131. The van der Waals surface area contributed by atoms with Crippen molar-refractivity contribution in [1.29, 1.82) is 0 Å². The van der Waals surface area contributed by atoms with Crippen LogP contribution in [0, 0.1) is 0 Å². The van der Waals surface area contributed by atoms with E-state index in [0.717, 1.165) is 0 Å². The molecular formula is C54H40. The normalized spacial score (nSPS) is 14.6. The van der Waals surface area contributed by atoms with E-state index in [1.165, 1.54) is 110 Å². The van der Waals surface area contributed by atoms with Crippen LogP contribution in [0.1, 0.15) is 49.9 Å². The molecule has 9 aromatic carbocycles. The topological polar surface area (TPSA) is 0 Å². The van der Waals surface area contributed by atoms with Gasteiger partial charge in [-0.3, -0.25) is 0 Å². The minimum Gasteiger partial charge on any atom is -0.0619 e. The predicted octanol–water partition coefficient (Wildman–Crippen LogP) is 14.8. The van der Waals surface area contributed by atoms with Gasteiger partial charge in [0.1, 0.15) is 0 Å². The first-order valence-electron chi connectivity index (χ1n) is 19.3. The molecule has 0 saturated carbocycles. The molecule has 0 spiro atoms. The van der Waals surface area contributed by atoms with Gasteiger partial charge in [0, 0.05) is 10.8 Å². The maximum atomic E-state index is 2.47. The van der Waals surface area contributed by atoms with Gasteiger partial charge in [-0.15, -0.1) is 0 Å². The van der Waals surface area contributed by atoms with Crippen molar-refractivity contribution in [1.82, 2.24) is 0 Å². The van der Waals surface area contributed by atoms with Crippen LogP contribution in [0.5, 0.6) is 0 Å². The SMILES string of the molecule is CC1(C)c2ccccc2-c2ccc(-c3c4ccccc4c(-c4cccc(-c5cccc6c5C(C)(C)c5cc7ccccc7cc5-6)c4)c4ccccc34)cc21. The average molecular weight is 689 g/mol. The molecule has 0 aromatic heterocycles. The predicted molar refractivity (Wildman–Crippen MR) is 230 cm³/mol. The van der Waals surface area contributed by atoms with Gasteiger partial charge in [0.25, 0.3) is 0 Å². The third-order valence-corrected chi connectivity index (χ3v) is 12.8. The summed E-state index contributed by atoms with van der Waals surface area (Å²) in [7, 11) is 0. The van der Waals surface area contributed by atoms with Gasteiger partial charge in [0.2, 0.25) is 0 Å². The maximum absolute atomic E-state index is 2.47. The molecule has 0 heterocycles. The molecule has 0 aliphatic heterocycles. The standard InChI is InChI=1S/C54H40/c1-53(2)47-26-12-11-19-39(47)40-28-27-37(32-48(40)53)51-43-22-9-7-20-41(43)50(42-21-8-10-23-44(42)51)36-18-13-17-35(29-36)38-24-14-25-45-46-30-33-15-5-6-16-34(33)31-49(46)54(3,4)52(38)45/h5-32H,1-4H3. The highest BCUT2D eigenvalue weighted by Crippen LogP contribution is 2.54. The lowest BCUT2D eigenvalue weighted by molar-refractivity contribution is 0.660. The van der Waals surface area contributed by atoms with Crippen molar-refractivity contribution < 1.29 is 0 Å². The molecular weight excluding hydrogens is 649 g/mol. The van der Waals surface area contributed by atoms with Crippen molar-refractivity contribution in [3.8, 4) is 55.6 Å². The summed E-state index contributed by atoms with van der Waals surface area (Å²) in [5.74, 6) is 0. The van der Waals surface area contributed by atoms with E-state index in [4.69, 9.17) is 0 Å². The summed E-state index contributed by atoms with van der Waals surface area (Å²) in [6, 6.07) is 64.0. The van der Waals surface area contributed by atoms with Crippen molar-refractivity contribution in [2.45, 2.75) is 38.5 Å². The Hall–Kier alpha value is -6.24. The largest absolute Gasteiger partial charge is 0.0619 e. The van der Waals surface area contributed by atoms with Gasteiger partial charge in [-0.1, -0.05) is 173 Å². The molecule has 9 aromatic rings. The Morgan fingerprint density at radius 3 is 1.50 bits per heavy atom. The average Bonchev–Trinajstić information content (AvgIpc) is 3.57. The van der Waals surface area contributed by atoms with Crippen LogP contribution < -0.4 is 0 Å².